The van der Waals surface area contributed by atoms with Gasteiger partial charge in [0.1, 0.15) is 0 Å². The van der Waals surface area contributed by atoms with Gasteiger partial charge in [0.2, 0.25) is 9.04 Å². The minimum absolute atomic E-state index is 0.536. The summed E-state index contributed by atoms with van der Waals surface area (Å²) in [6.07, 6.45) is 10.2. The van der Waals surface area contributed by atoms with Crippen LogP contribution in [0.2, 0.25) is 12.1 Å². The fourth-order valence-corrected chi connectivity index (χ4v) is 4.63. The number of unbranched alkanes of at least 4 members (excludes halogenated alkanes) is 6. The standard InChI is InChI=1S/C14H29Cl2OSi/c1-2-17-18(13-9-5-3-7-11-15)14-10-6-4-8-12-16/h2-14H2,1H3. The molecule has 0 atom stereocenters. The summed E-state index contributed by atoms with van der Waals surface area (Å²) in [5.41, 5.74) is 0. The molecule has 0 aliphatic rings. The van der Waals surface area contributed by atoms with E-state index in [-0.39, 0.29) is 0 Å². The molecule has 0 N–H and O–H groups in total. The van der Waals surface area contributed by atoms with Crippen molar-refractivity contribution in [3.8, 4) is 0 Å². The summed E-state index contributed by atoms with van der Waals surface area (Å²) >= 11 is 11.4. The highest BCUT2D eigenvalue weighted by molar-refractivity contribution is 6.51. The highest BCUT2D eigenvalue weighted by Crippen LogP contribution is 2.14. The smallest absolute Gasteiger partial charge is 0.211 e. The predicted molar refractivity (Wildman–Crippen MR) is 85.4 cm³/mol. The Morgan fingerprint density at radius 2 is 1.17 bits per heavy atom. The molecule has 0 aromatic carbocycles. The molecule has 4 heteroatoms. The molecule has 0 spiro atoms. The lowest BCUT2D eigenvalue weighted by atomic mass is 10.2. The van der Waals surface area contributed by atoms with Crippen LogP contribution in [0.4, 0.5) is 0 Å². The third-order valence-corrected chi connectivity index (χ3v) is 6.08. The van der Waals surface area contributed by atoms with E-state index < -0.39 is 9.04 Å². The zero-order chi connectivity index (χ0) is 13.5. The van der Waals surface area contributed by atoms with Crippen molar-refractivity contribution >= 4 is 32.2 Å². The summed E-state index contributed by atoms with van der Waals surface area (Å²) in [7, 11) is -0.536. The quantitative estimate of drug-likeness (QED) is 0.230. The summed E-state index contributed by atoms with van der Waals surface area (Å²) in [5.74, 6) is 1.62. The topological polar surface area (TPSA) is 9.23 Å². The molecule has 0 bridgehead atoms. The second-order valence-corrected chi connectivity index (χ2v) is 7.80. The van der Waals surface area contributed by atoms with Gasteiger partial charge in [0.05, 0.1) is 0 Å². The molecule has 1 nitrogen and oxygen atoms in total. The number of hydrogen-bond donors (Lipinski definition) is 0. The van der Waals surface area contributed by atoms with Gasteiger partial charge in [0.25, 0.3) is 0 Å². The minimum Gasteiger partial charge on any atom is -0.417 e. The molecular formula is C14H29Cl2OSi. The number of halogens is 2. The molecule has 0 unspecified atom stereocenters. The summed E-state index contributed by atoms with van der Waals surface area (Å²) in [5, 5.41) is 0. The van der Waals surface area contributed by atoms with Crippen molar-refractivity contribution in [3.63, 3.8) is 0 Å². The Bertz CT molecular complexity index is 145. The first-order valence-electron chi connectivity index (χ1n) is 7.44. The molecule has 0 aromatic heterocycles. The molecule has 0 saturated carbocycles. The normalized spacial score (nSPS) is 11.3. The van der Waals surface area contributed by atoms with Crippen LogP contribution in [0.25, 0.3) is 0 Å². The molecule has 109 valence electrons. The Morgan fingerprint density at radius 3 is 1.56 bits per heavy atom. The van der Waals surface area contributed by atoms with Gasteiger partial charge < -0.3 is 4.43 Å². The van der Waals surface area contributed by atoms with E-state index in [9.17, 15) is 0 Å². The first-order chi connectivity index (χ1) is 8.85. The van der Waals surface area contributed by atoms with Crippen LogP contribution in [-0.4, -0.2) is 27.4 Å². The second kappa shape index (κ2) is 15.8. The van der Waals surface area contributed by atoms with E-state index in [1.807, 2.05) is 0 Å². The molecule has 0 aliphatic carbocycles. The molecule has 0 fully saturated rings. The Labute approximate surface area is 125 Å². The van der Waals surface area contributed by atoms with Crippen LogP contribution < -0.4 is 0 Å². The van der Waals surface area contributed by atoms with Crippen molar-refractivity contribution in [1.82, 2.24) is 0 Å². The Balaban J connectivity index is 3.45. The average Bonchev–Trinajstić information content (AvgIpc) is 2.38. The van der Waals surface area contributed by atoms with Crippen LogP contribution in [0.3, 0.4) is 0 Å². The van der Waals surface area contributed by atoms with Crippen LogP contribution >= 0.6 is 23.2 Å². The lowest BCUT2D eigenvalue weighted by molar-refractivity contribution is 0.338. The molecule has 0 aromatic rings. The summed E-state index contributed by atoms with van der Waals surface area (Å²) in [6, 6.07) is 2.63. The fourth-order valence-electron chi connectivity index (χ4n) is 2.01. The van der Waals surface area contributed by atoms with Gasteiger partial charge in [-0.1, -0.05) is 38.5 Å². The Hall–Kier alpha value is 0.757. The highest BCUT2D eigenvalue weighted by Gasteiger charge is 2.11. The van der Waals surface area contributed by atoms with Crippen molar-refractivity contribution in [2.24, 2.45) is 0 Å². The van der Waals surface area contributed by atoms with Gasteiger partial charge >= 0.3 is 0 Å². The van der Waals surface area contributed by atoms with Crippen molar-refractivity contribution in [3.05, 3.63) is 0 Å². The van der Waals surface area contributed by atoms with Crippen LogP contribution in [-0.2, 0) is 4.43 Å². The maximum atomic E-state index is 5.90. The predicted octanol–water partition coefficient (Wildman–Crippen LogP) is 5.61. The van der Waals surface area contributed by atoms with Gasteiger partial charge in [-0.05, 0) is 31.9 Å². The van der Waals surface area contributed by atoms with Gasteiger partial charge in [-0.15, -0.1) is 23.2 Å². The molecular weight excluding hydrogens is 283 g/mol. The molecule has 0 saturated heterocycles. The number of alkyl halides is 2. The zero-order valence-electron chi connectivity index (χ0n) is 11.9. The zero-order valence-corrected chi connectivity index (χ0v) is 14.4. The lowest BCUT2D eigenvalue weighted by Crippen LogP contribution is -2.17. The molecule has 0 aliphatic heterocycles. The van der Waals surface area contributed by atoms with Gasteiger partial charge in [-0.2, -0.15) is 0 Å². The molecule has 0 rings (SSSR count). The average molecular weight is 312 g/mol. The summed E-state index contributed by atoms with van der Waals surface area (Å²) < 4.78 is 5.90. The third-order valence-electron chi connectivity index (χ3n) is 3.03. The van der Waals surface area contributed by atoms with Gasteiger partial charge in [-0.3, -0.25) is 0 Å². The van der Waals surface area contributed by atoms with Crippen molar-refractivity contribution in [2.75, 3.05) is 18.4 Å². The van der Waals surface area contributed by atoms with Crippen LogP contribution in [0.15, 0.2) is 0 Å². The number of hydrogen-bond acceptors (Lipinski definition) is 1. The minimum atomic E-state index is -0.536. The summed E-state index contributed by atoms with van der Waals surface area (Å²) in [6.45, 7) is 3.00. The molecule has 0 amide bonds. The van der Waals surface area contributed by atoms with Crippen molar-refractivity contribution in [1.29, 1.82) is 0 Å². The van der Waals surface area contributed by atoms with Crippen molar-refractivity contribution < 1.29 is 4.43 Å². The van der Waals surface area contributed by atoms with Gasteiger partial charge in [0, 0.05) is 18.4 Å². The largest absolute Gasteiger partial charge is 0.417 e. The molecule has 18 heavy (non-hydrogen) atoms. The maximum Gasteiger partial charge on any atom is 0.211 e. The van der Waals surface area contributed by atoms with E-state index >= 15 is 0 Å². The second-order valence-electron chi connectivity index (χ2n) is 4.68. The molecule has 1 radical (unpaired) electrons. The van der Waals surface area contributed by atoms with E-state index in [2.05, 4.69) is 6.92 Å². The Kier molecular flexibility index (Phi) is 16.5. The van der Waals surface area contributed by atoms with Crippen LogP contribution in [0.1, 0.15) is 58.3 Å². The lowest BCUT2D eigenvalue weighted by Gasteiger charge is -2.14. The maximum absolute atomic E-state index is 5.90. The highest BCUT2D eigenvalue weighted by atomic mass is 35.5. The van der Waals surface area contributed by atoms with E-state index in [0.717, 1.165) is 31.2 Å². The summed E-state index contributed by atoms with van der Waals surface area (Å²) in [4.78, 5) is 0. The van der Waals surface area contributed by atoms with Gasteiger partial charge in [0.15, 0.2) is 0 Å². The van der Waals surface area contributed by atoms with Crippen LogP contribution in [0.5, 0.6) is 0 Å². The monoisotopic (exact) mass is 311 g/mol. The SMILES string of the molecule is CCO[Si](CCCCCCCl)CCCCCCCl. The van der Waals surface area contributed by atoms with E-state index in [1.54, 1.807) is 0 Å². The number of rotatable bonds is 14. The van der Waals surface area contributed by atoms with E-state index in [1.165, 1.54) is 50.6 Å². The third kappa shape index (κ3) is 13.2. The Morgan fingerprint density at radius 1 is 0.722 bits per heavy atom. The van der Waals surface area contributed by atoms with Gasteiger partial charge in [-0.25, -0.2) is 0 Å². The first kappa shape index (κ1) is 18.8. The first-order valence-corrected chi connectivity index (χ1v) is 10.3. The van der Waals surface area contributed by atoms with Crippen molar-refractivity contribution in [2.45, 2.75) is 70.4 Å². The fraction of sp³-hybridized carbons (Fsp3) is 1.00. The molecule has 0 heterocycles. The van der Waals surface area contributed by atoms with E-state index in [0.29, 0.717) is 0 Å². The van der Waals surface area contributed by atoms with Crippen LogP contribution in [0, 0.1) is 0 Å². The van der Waals surface area contributed by atoms with E-state index in [4.69, 9.17) is 27.6 Å².